The van der Waals surface area contributed by atoms with E-state index >= 15 is 0 Å². The van der Waals surface area contributed by atoms with E-state index in [2.05, 4.69) is 6.58 Å². The first-order valence-corrected chi connectivity index (χ1v) is 6.39. The molecule has 0 bridgehead atoms. The van der Waals surface area contributed by atoms with Crippen LogP contribution in [0.2, 0.25) is 0 Å². The molecule has 3 N–H and O–H groups in total. The first-order valence-electron chi connectivity index (χ1n) is 4.91. The van der Waals surface area contributed by atoms with Crippen LogP contribution in [0, 0.1) is 0 Å². The number of rotatable bonds is 5. The maximum atomic E-state index is 11.7. The number of nitrogens with one attached hydrogen (secondary N) is 1. The van der Waals surface area contributed by atoms with E-state index in [0.29, 0.717) is 0 Å². The summed E-state index contributed by atoms with van der Waals surface area (Å²) in [7, 11) is -3.92. The van der Waals surface area contributed by atoms with Gasteiger partial charge in [-0.25, -0.2) is 13.1 Å². The summed E-state index contributed by atoms with van der Waals surface area (Å²) in [5, 5.41) is 0. The van der Waals surface area contributed by atoms with Gasteiger partial charge in [0, 0.05) is 5.57 Å². The molecule has 0 aromatic heterocycles. The molecular formula is C11H12N2O4S. The molecule has 0 aliphatic carbocycles. The third kappa shape index (κ3) is 3.70. The number of carbonyl (C=O) groups is 2. The third-order valence-corrected chi connectivity index (χ3v) is 3.41. The first-order chi connectivity index (χ1) is 8.33. The number of sulfonamides is 1. The summed E-state index contributed by atoms with van der Waals surface area (Å²) < 4.78 is 25.3. The van der Waals surface area contributed by atoms with Crippen molar-refractivity contribution in [3.8, 4) is 0 Å². The van der Waals surface area contributed by atoms with Crippen LogP contribution in [0.25, 0.3) is 0 Å². The zero-order chi connectivity index (χ0) is 13.8. The average Bonchev–Trinajstić information content (AvgIpc) is 2.29. The lowest BCUT2D eigenvalue weighted by atomic mass is 10.2. The van der Waals surface area contributed by atoms with E-state index in [9.17, 15) is 18.0 Å². The lowest BCUT2D eigenvalue weighted by Gasteiger charge is -2.06. The van der Waals surface area contributed by atoms with Crippen molar-refractivity contribution in [1.82, 2.24) is 4.72 Å². The Morgan fingerprint density at radius 2 is 1.78 bits per heavy atom. The van der Waals surface area contributed by atoms with E-state index < -0.39 is 28.3 Å². The van der Waals surface area contributed by atoms with Crippen LogP contribution in [0.5, 0.6) is 0 Å². The van der Waals surface area contributed by atoms with Gasteiger partial charge in [0.2, 0.25) is 11.8 Å². The highest BCUT2D eigenvalue weighted by Gasteiger charge is 2.18. The van der Waals surface area contributed by atoms with Crippen LogP contribution in [0.4, 0.5) is 0 Å². The molecule has 0 radical (unpaired) electrons. The fourth-order valence-electron chi connectivity index (χ4n) is 1.13. The van der Waals surface area contributed by atoms with Gasteiger partial charge in [-0.05, 0) is 12.1 Å². The predicted octanol–water partition coefficient (Wildman–Crippen LogP) is -0.0769. The minimum Gasteiger partial charge on any atom is -0.366 e. The highest BCUT2D eigenvalue weighted by atomic mass is 32.2. The van der Waals surface area contributed by atoms with Crippen LogP contribution in [0.3, 0.4) is 0 Å². The summed E-state index contributed by atoms with van der Waals surface area (Å²) in [5.41, 5.74) is 4.73. The Hall–Kier alpha value is -2.15. The molecule has 0 aliphatic heterocycles. The molecule has 1 rings (SSSR count). The van der Waals surface area contributed by atoms with Crippen molar-refractivity contribution < 1.29 is 18.0 Å². The Morgan fingerprint density at radius 3 is 2.28 bits per heavy atom. The molecule has 0 fully saturated rings. The molecule has 0 saturated carbocycles. The van der Waals surface area contributed by atoms with Crippen LogP contribution in [0.15, 0.2) is 47.4 Å². The maximum absolute atomic E-state index is 11.7. The second-order valence-electron chi connectivity index (χ2n) is 3.49. The van der Waals surface area contributed by atoms with Crippen molar-refractivity contribution in [3.05, 3.63) is 42.5 Å². The Morgan fingerprint density at radius 1 is 1.22 bits per heavy atom. The molecule has 96 valence electrons. The molecule has 0 unspecified atom stereocenters. The zero-order valence-electron chi connectivity index (χ0n) is 9.42. The van der Waals surface area contributed by atoms with Crippen molar-refractivity contribution in [1.29, 1.82) is 0 Å². The van der Waals surface area contributed by atoms with Crippen molar-refractivity contribution in [2.75, 3.05) is 0 Å². The van der Waals surface area contributed by atoms with E-state index in [-0.39, 0.29) is 10.5 Å². The van der Waals surface area contributed by atoms with E-state index in [4.69, 9.17) is 5.73 Å². The Balaban J connectivity index is 2.76. The number of benzene rings is 1. The summed E-state index contributed by atoms with van der Waals surface area (Å²) in [4.78, 5) is 22.0. The Labute approximate surface area is 105 Å². The normalized spacial score (nSPS) is 10.7. The van der Waals surface area contributed by atoms with Gasteiger partial charge in [-0.3, -0.25) is 9.59 Å². The molecule has 0 spiro atoms. The smallest absolute Gasteiger partial charge is 0.264 e. The first kappa shape index (κ1) is 13.9. The summed E-state index contributed by atoms with van der Waals surface area (Å²) in [6, 6.07) is 7.40. The molecule has 0 saturated heterocycles. The molecular weight excluding hydrogens is 256 g/mol. The molecule has 0 heterocycles. The number of carbonyl (C=O) groups excluding carboxylic acids is 2. The summed E-state index contributed by atoms with van der Waals surface area (Å²) >= 11 is 0. The second kappa shape index (κ2) is 5.46. The van der Waals surface area contributed by atoms with Crippen molar-refractivity contribution >= 4 is 21.8 Å². The van der Waals surface area contributed by atoms with Crippen LogP contribution in [-0.4, -0.2) is 20.2 Å². The lowest BCUT2D eigenvalue weighted by molar-refractivity contribution is -0.121. The van der Waals surface area contributed by atoms with Crippen LogP contribution in [-0.2, 0) is 19.6 Å². The monoisotopic (exact) mass is 268 g/mol. The topological polar surface area (TPSA) is 106 Å². The Bertz CT molecular complexity index is 578. The SMILES string of the molecule is C=C(CC(=O)NS(=O)(=O)c1ccccc1)C(N)=O. The van der Waals surface area contributed by atoms with Gasteiger partial charge in [0.15, 0.2) is 0 Å². The second-order valence-corrected chi connectivity index (χ2v) is 5.17. The molecule has 1 aromatic rings. The fourth-order valence-corrected chi connectivity index (χ4v) is 2.13. The molecule has 7 heteroatoms. The Kier molecular flexibility index (Phi) is 4.22. The van der Waals surface area contributed by atoms with Gasteiger partial charge >= 0.3 is 0 Å². The number of hydrogen-bond donors (Lipinski definition) is 2. The molecule has 6 nitrogen and oxygen atoms in total. The maximum Gasteiger partial charge on any atom is 0.264 e. The minimum absolute atomic E-state index is 0.0389. The summed E-state index contributed by atoms with van der Waals surface area (Å²) in [6.07, 6.45) is -0.457. The van der Waals surface area contributed by atoms with Gasteiger partial charge in [0.1, 0.15) is 0 Å². The van der Waals surface area contributed by atoms with Gasteiger partial charge in [-0.1, -0.05) is 24.8 Å². The quantitative estimate of drug-likeness (QED) is 0.728. The predicted molar refractivity (Wildman–Crippen MR) is 64.7 cm³/mol. The highest BCUT2D eigenvalue weighted by Crippen LogP contribution is 2.08. The van der Waals surface area contributed by atoms with Gasteiger partial charge in [-0.2, -0.15) is 0 Å². The van der Waals surface area contributed by atoms with Crippen LogP contribution in [0.1, 0.15) is 6.42 Å². The number of amides is 2. The van der Waals surface area contributed by atoms with Crippen LogP contribution >= 0.6 is 0 Å². The van der Waals surface area contributed by atoms with E-state index in [1.54, 1.807) is 6.07 Å². The van der Waals surface area contributed by atoms with Gasteiger partial charge < -0.3 is 5.73 Å². The standard InChI is InChI=1S/C11H12N2O4S/c1-8(11(12)15)7-10(14)13-18(16,17)9-5-3-2-4-6-9/h2-6H,1,7H2,(H2,12,15)(H,13,14). The third-order valence-electron chi connectivity index (χ3n) is 2.02. The van der Waals surface area contributed by atoms with Crippen molar-refractivity contribution in [2.24, 2.45) is 5.73 Å². The van der Waals surface area contributed by atoms with Crippen LogP contribution < -0.4 is 10.5 Å². The summed E-state index contributed by atoms with van der Waals surface area (Å²) in [5.74, 6) is -1.70. The molecule has 0 aliphatic rings. The number of hydrogen-bond acceptors (Lipinski definition) is 4. The van der Waals surface area contributed by atoms with Gasteiger partial charge in [0.25, 0.3) is 10.0 Å². The largest absolute Gasteiger partial charge is 0.366 e. The zero-order valence-corrected chi connectivity index (χ0v) is 10.2. The molecule has 0 atom stereocenters. The minimum atomic E-state index is -3.92. The van der Waals surface area contributed by atoms with E-state index in [1.807, 2.05) is 4.72 Å². The van der Waals surface area contributed by atoms with Gasteiger partial charge in [-0.15, -0.1) is 0 Å². The average molecular weight is 268 g/mol. The fraction of sp³-hybridized carbons (Fsp3) is 0.0909. The van der Waals surface area contributed by atoms with E-state index in [1.165, 1.54) is 24.3 Å². The number of nitrogens with two attached hydrogens (primary N) is 1. The van der Waals surface area contributed by atoms with Gasteiger partial charge in [0.05, 0.1) is 11.3 Å². The van der Waals surface area contributed by atoms with E-state index in [0.717, 1.165) is 0 Å². The highest BCUT2D eigenvalue weighted by molar-refractivity contribution is 7.90. The van der Waals surface area contributed by atoms with Crippen molar-refractivity contribution in [2.45, 2.75) is 11.3 Å². The molecule has 1 aromatic carbocycles. The lowest BCUT2D eigenvalue weighted by Crippen LogP contribution is -2.31. The summed E-state index contributed by atoms with van der Waals surface area (Å²) in [6.45, 7) is 3.27. The van der Waals surface area contributed by atoms with Crippen molar-refractivity contribution in [3.63, 3.8) is 0 Å². The molecule has 18 heavy (non-hydrogen) atoms. The molecule has 2 amide bonds. The number of primary amides is 1.